The van der Waals surface area contributed by atoms with Crippen molar-refractivity contribution in [2.45, 2.75) is 64.8 Å². The molecule has 0 unspecified atom stereocenters. The van der Waals surface area contributed by atoms with Gasteiger partial charge in [0.15, 0.2) is 0 Å². The Kier molecular flexibility index (Phi) is 8.78. The Morgan fingerprint density at radius 2 is 1.76 bits per heavy atom. The lowest BCUT2D eigenvalue weighted by atomic mass is 9.95. The zero-order valence-corrected chi connectivity index (χ0v) is 14.8. The number of nitrogens with one attached hydrogen (secondary N) is 1. The summed E-state index contributed by atoms with van der Waals surface area (Å²) in [7, 11) is -1.60. The van der Waals surface area contributed by atoms with Crippen LogP contribution in [0, 0.1) is 0 Å². The van der Waals surface area contributed by atoms with E-state index in [0.717, 1.165) is 51.6 Å². The fourth-order valence-corrected chi connectivity index (χ4v) is 4.63. The monoisotopic (exact) mass is 319 g/mol. The molecule has 0 aromatic carbocycles. The van der Waals surface area contributed by atoms with Crippen LogP contribution in [-0.2, 0) is 10.2 Å². The molecule has 1 fully saturated rings. The third kappa shape index (κ3) is 5.85. The van der Waals surface area contributed by atoms with Crippen molar-refractivity contribution < 1.29 is 8.42 Å². The minimum absolute atomic E-state index is 0.203. The topological polar surface area (TPSA) is 52.7 Å². The van der Waals surface area contributed by atoms with Crippen LogP contribution in [0.5, 0.6) is 0 Å². The molecule has 0 aliphatic heterocycles. The Labute approximate surface area is 131 Å². The van der Waals surface area contributed by atoms with Gasteiger partial charge in [0, 0.05) is 26.2 Å². The van der Waals surface area contributed by atoms with Crippen LogP contribution < -0.4 is 5.32 Å². The lowest BCUT2D eigenvalue weighted by molar-refractivity contribution is 0.245. The maximum Gasteiger partial charge on any atom is 0.281 e. The molecule has 1 rings (SSSR count). The predicted octanol–water partition coefficient (Wildman–Crippen LogP) is 2.21. The van der Waals surface area contributed by atoms with E-state index in [1.165, 1.54) is 10.7 Å². The SMILES string of the molecule is CCCNCCCN(C)S(=O)(=O)N(CC)C1CCCCC1. The Morgan fingerprint density at radius 1 is 1.10 bits per heavy atom. The van der Waals surface area contributed by atoms with E-state index in [-0.39, 0.29) is 6.04 Å². The standard InChI is InChI=1S/C15H33N3O2S/c1-4-12-16-13-9-14-17(3)21(19,20)18(5-2)15-10-7-6-8-11-15/h15-16H,4-14H2,1-3H3. The summed E-state index contributed by atoms with van der Waals surface area (Å²) < 4.78 is 28.7. The third-order valence-electron chi connectivity index (χ3n) is 4.24. The van der Waals surface area contributed by atoms with Gasteiger partial charge in [-0.05, 0) is 38.8 Å². The van der Waals surface area contributed by atoms with E-state index in [1.54, 1.807) is 11.4 Å². The van der Waals surface area contributed by atoms with Crippen molar-refractivity contribution in [1.82, 2.24) is 13.9 Å². The van der Waals surface area contributed by atoms with Gasteiger partial charge in [-0.15, -0.1) is 0 Å². The first-order valence-corrected chi connectivity index (χ1v) is 9.87. The lowest BCUT2D eigenvalue weighted by Crippen LogP contribution is -2.48. The molecule has 0 radical (unpaired) electrons. The van der Waals surface area contributed by atoms with Crippen molar-refractivity contribution in [1.29, 1.82) is 0 Å². The number of hydrogen-bond acceptors (Lipinski definition) is 3. The number of nitrogens with zero attached hydrogens (tertiary/aromatic N) is 2. The molecule has 1 aliphatic carbocycles. The summed E-state index contributed by atoms with van der Waals surface area (Å²) in [5.41, 5.74) is 0. The average Bonchev–Trinajstić information content (AvgIpc) is 2.48. The van der Waals surface area contributed by atoms with Gasteiger partial charge in [-0.3, -0.25) is 0 Å². The van der Waals surface area contributed by atoms with E-state index < -0.39 is 10.2 Å². The number of rotatable bonds is 10. The van der Waals surface area contributed by atoms with Crippen LogP contribution in [-0.4, -0.2) is 56.3 Å². The van der Waals surface area contributed by atoms with Crippen LogP contribution in [0.1, 0.15) is 58.8 Å². The largest absolute Gasteiger partial charge is 0.317 e. The second-order valence-electron chi connectivity index (χ2n) is 5.93. The molecule has 0 aromatic heterocycles. The first-order chi connectivity index (χ1) is 10.0. The summed E-state index contributed by atoms with van der Waals surface area (Å²) in [5, 5.41) is 3.31. The molecule has 126 valence electrons. The molecule has 0 saturated heterocycles. The zero-order valence-electron chi connectivity index (χ0n) is 14.0. The summed E-state index contributed by atoms with van der Waals surface area (Å²) in [6.45, 7) is 7.12. The molecule has 0 spiro atoms. The predicted molar refractivity (Wildman–Crippen MR) is 88.6 cm³/mol. The molecule has 0 amide bonds. The van der Waals surface area contributed by atoms with Crippen molar-refractivity contribution in [2.24, 2.45) is 0 Å². The highest BCUT2D eigenvalue weighted by molar-refractivity contribution is 7.86. The molecule has 0 atom stereocenters. The van der Waals surface area contributed by atoms with Crippen LogP contribution in [0.25, 0.3) is 0 Å². The molecule has 21 heavy (non-hydrogen) atoms. The van der Waals surface area contributed by atoms with Crippen LogP contribution in [0.3, 0.4) is 0 Å². The second kappa shape index (κ2) is 9.77. The molecule has 1 aliphatic rings. The first-order valence-electron chi connectivity index (χ1n) is 8.47. The van der Waals surface area contributed by atoms with Gasteiger partial charge in [0.05, 0.1) is 0 Å². The lowest BCUT2D eigenvalue weighted by Gasteiger charge is -2.35. The molecule has 0 bridgehead atoms. The molecule has 0 aromatic rings. The highest BCUT2D eigenvalue weighted by Crippen LogP contribution is 2.25. The van der Waals surface area contributed by atoms with Gasteiger partial charge in [-0.1, -0.05) is 33.1 Å². The summed E-state index contributed by atoms with van der Waals surface area (Å²) in [6.07, 6.45) is 7.55. The van der Waals surface area contributed by atoms with Gasteiger partial charge in [0.1, 0.15) is 0 Å². The van der Waals surface area contributed by atoms with Crippen LogP contribution in [0.15, 0.2) is 0 Å². The Balaban J connectivity index is 2.51. The van der Waals surface area contributed by atoms with E-state index in [4.69, 9.17) is 0 Å². The third-order valence-corrected chi connectivity index (χ3v) is 6.36. The maximum absolute atomic E-state index is 12.7. The summed E-state index contributed by atoms with van der Waals surface area (Å²) in [5.74, 6) is 0. The zero-order chi connectivity index (χ0) is 15.7. The van der Waals surface area contributed by atoms with E-state index >= 15 is 0 Å². The van der Waals surface area contributed by atoms with Crippen molar-refractivity contribution in [3.8, 4) is 0 Å². The van der Waals surface area contributed by atoms with Gasteiger partial charge in [0.25, 0.3) is 10.2 Å². The molecule has 0 heterocycles. The Bertz CT molecular complexity index is 367. The molecule has 1 N–H and O–H groups in total. The fourth-order valence-electron chi connectivity index (χ4n) is 3.00. The van der Waals surface area contributed by atoms with Crippen molar-refractivity contribution in [2.75, 3.05) is 33.2 Å². The minimum atomic E-state index is -3.30. The van der Waals surface area contributed by atoms with E-state index in [1.807, 2.05) is 6.92 Å². The van der Waals surface area contributed by atoms with Crippen molar-refractivity contribution in [3.05, 3.63) is 0 Å². The Morgan fingerprint density at radius 3 is 2.33 bits per heavy atom. The van der Waals surface area contributed by atoms with Crippen LogP contribution in [0.4, 0.5) is 0 Å². The summed E-state index contributed by atoms with van der Waals surface area (Å²) in [6, 6.07) is 0.203. The second-order valence-corrected chi connectivity index (χ2v) is 7.92. The normalized spacial score (nSPS) is 17.8. The van der Waals surface area contributed by atoms with Crippen LogP contribution >= 0.6 is 0 Å². The van der Waals surface area contributed by atoms with Crippen LogP contribution in [0.2, 0.25) is 0 Å². The van der Waals surface area contributed by atoms with Gasteiger partial charge in [0.2, 0.25) is 0 Å². The van der Waals surface area contributed by atoms with E-state index in [0.29, 0.717) is 13.1 Å². The quantitative estimate of drug-likeness (QED) is 0.628. The van der Waals surface area contributed by atoms with E-state index in [2.05, 4.69) is 12.2 Å². The highest BCUT2D eigenvalue weighted by atomic mass is 32.2. The van der Waals surface area contributed by atoms with E-state index in [9.17, 15) is 8.42 Å². The number of hydrogen-bond donors (Lipinski definition) is 1. The van der Waals surface area contributed by atoms with Gasteiger partial charge >= 0.3 is 0 Å². The van der Waals surface area contributed by atoms with Crippen molar-refractivity contribution >= 4 is 10.2 Å². The highest BCUT2D eigenvalue weighted by Gasteiger charge is 2.32. The molecular weight excluding hydrogens is 286 g/mol. The van der Waals surface area contributed by atoms with Gasteiger partial charge in [-0.25, -0.2) is 0 Å². The van der Waals surface area contributed by atoms with Crippen molar-refractivity contribution in [3.63, 3.8) is 0 Å². The van der Waals surface area contributed by atoms with Gasteiger partial charge in [-0.2, -0.15) is 17.0 Å². The smallest absolute Gasteiger partial charge is 0.281 e. The summed E-state index contributed by atoms with van der Waals surface area (Å²) >= 11 is 0. The maximum atomic E-state index is 12.7. The molecule has 6 heteroatoms. The average molecular weight is 320 g/mol. The molecule has 5 nitrogen and oxygen atoms in total. The molecule has 1 saturated carbocycles. The minimum Gasteiger partial charge on any atom is -0.317 e. The summed E-state index contributed by atoms with van der Waals surface area (Å²) in [4.78, 5) is 0. The Hall–Kier alpha value is -0.170. The van der Waals surface area contributed by atoms with Gasteiger partial charge < -0.3 is 5.32 Å². The molecular formula is C15H33N3O2S. The first kappa shape index (κ1) is 18.9. The fraction of sp³-hybridized carbons (Fsp3) is 1.00.